The molecule has 0 saturated carbocycles. The molecule has 6 heteroatoms. The van der Waals surface area contributed by atoms with Crippen LogP contribution in [0.1, 0.15) is 25.0 Å². The smallest absolute Gasteiger partial charge is 0.126 e. The number of aromatic nitrogens is 4. The summed E-state index contributed by atoms with van der Waals surface area (Å²) in [7, 11) is 0. The summed E-state index contributed by atoms with van der Waals surface area (Å²) in [6.45, 7) is 2.94. The van der Waals surface area contributed by atoms with E-state index < -0.39 is 0 Å². The van der Waals surface area contributed by atoms with E-state index in [9.17, 15) is 0 Å². The zero-order valence-electron chi connectivity index (χ0n) is 14.2. The summed E-state index contributed by atoms with van der Waals surface area (Å²) in [4.78, 5) is 11.0. The minimum Gasteiger partial charge on any atom is -0.370 e. The van der Waals surface area contributed by atoms with E-state index in [2.05, 4.69) is 37.4 Å². The molecule has 0 atom stereocenters. The monoisotopic (exact) mass is 334 g/mol. The van der Waals surface area contributed by atoms with Crippen LogP contribution in [0.4, 0.5) is 11.5 Å². The van der Waals surface area contributed by atoms with E-state index in [1.54, 1.807) is 12.4 Å². The zero-order valence-corrected chi connectivity index (χ0v) is 14.2. The van der Waals surface area contributed by atoms with Crippen LogP contribution < -0.4 is 10.2 Å². The Labute approximate surface area is 147 Å². The molecule has 0 bridgehead atoms. The number of nitrogens with zero attached hydrogens (tertiary/aromatic N) is 5. The van der Waals surface area contributed by atoms with Crippen molar-refractivity contribution >= 4 is 11.5 Å². The third-order valence-electron chi connectivity index (χ3n) is 4.55. The average Bonchev–Trinajstić information content (AvgIpc) is 3.17. The molecule has 128 valence electrons. The molecule has 0 radical (unpaired) electrons. The second-order valence-corrected chi connectivity index (χ2v) is 6.24. The van der Waals surface area contributed by atoms with Crippen LogP contribution in [-0.2, 0) is 6.54 Å². The Morgan fingerprint density at radius 3 is 2.48 bits per heavy atom. The van der Waals surface area contributed by atoms with Crippen molar-refractivity contribution in [2.24, 2.45) is 0 Å². The van der Waals surface area contributed by atoms with Gasteiger partial charge in [0.15, 0.2) is 0 Å². The van der Waals surface area contributed by atoms with Gasteiger partial charge in [0.1, 0.15) is 5.82 Å². The first-order valence-electron chi connectivity index (χ1n) is 8.78. The molecule has 1 saturated heterocycles. The number of hydrogen-bond acceptors (Lipinski definition) is 5. The molecule has 1 aliphatic rings. The fourth-order valence-electron chi connectivity index (χ4n) is 3.19. The summed E-state index contributed by atoms with van der Waals surface area (Å²) >= 11 is 0. The SMILES string of the molecule is c1cc(-n2nccc2CNc2ccc(N3CCCCC3)cn2)ccn1. The highest BCUT2D eigenvalue weighted by Crippen LogP contribution is 2.20. The van der Waals surface area contributed by atoms with Crippen molar-refractivity contribution in [1.29, 1.82) is 0 Å². The highest BCUT2D eigenvalue weighted by molar-refractivity contribution is 5.49. The van der Waals surface area contributed by atoms with Crippen LogP contribution in [-0.4, -0.2) is 32.8 Å². The van der Waals surface area contributed by atoms with Gasteiger partial charge in [-0.3, -0.25) is 4.98 Å². The number of anilines is 2. The van der Waals surface area contributed by atoms with Crippen molar-refractivity contribution < 1.29 is 0 Å². The van der Waals surface area contributed by atoms with Gasteiger partial charge in [-0.15, -0.1) is 0 Å². The standard InChI is InChI=1S/C19H22N6/c1-2-12-24(13-3-1)17-4-5-19(21-14-17)22-15-18-8-11-23-25(18)16-6-9-20-10-7-16/h4-11,14H,1-3,12-13,15H2,(H,21,22). The highest BCUT2D eigenvalue weighted by Gasteiger charge is 2.11. The predicted octanol–water partition coefficient (Wildman–Crippen LogP) is 3.26. The molecule has 1 N–H and O–H groups in total. The molecule has 3 aromatic heterocycles. The van der Waals surface area contributed by atoms with Gasteiger partial charge >= 0.3 is 0 Å². The summed E-state index contributed by atoms with van der Waals surface area (Å²) in [5.74, 6) is 0.878. The quantitative estimate of drug-likeness (QED) is 0.776. The number of hydrogen-bond donors (Lipinski definition) is 1. The highest BCUT2D eigenvalue weighted by atomic mass is 15.3. The van der Waals surface area contributed by atoms with Gasteiger partial charge in [-0.1, -0.05) is 0 Å². The van der Waals surface area contributed by atoms with Crippen LogP contribution in [0.5, 0.6) is 0 Å². The van der Waals surface area contributed by atoms with Crippen LogP contribution in [0, 0.1) is 0 Å². The first-order chi connectivity index (χ1) is 12.4. The van der Waals surface area contributed by atoms with Crippen molar-refractivity contribution in [2.45, 2.75) is 25.8 Å². The Balaban J connectivity index is 1.41. The van der Waals surface area contributed by atoms with E-state index >= 15 is 0 Å². The molecule has 1 fully saturated rings. The van der Waals surface area contributed by atoms with Gasteiger partial charge in [-0.05, 0) is 49.6 Å². The molecule has 6 nitrogen and oxygen atoms in total. The summed E-state index contributed by atoms with van der Waals surface area (Å²) in [6, 6.07) is 10.1. The van der Waals surface area contributed by atoms with Crippen LogP contribution in [0.2, 0.25) is 0 Å². The maximum Gasteiger partial charge on any atom is 0.126 e. The Bertz CT molecular complexity index is 790. The lowest BCUT2D eigenvalue weighted by molar-refractivity contribution is 0.577. The molecular weight excluding hydrogens is 312 g/mol. The maximum absolute atomic E-state index is 4.56. The molecule has 4 heterocycles. The lowest BCUT2D eigenvalue weighted by Crippen LogP contribution is -2.29. The van der Waals surface area contributed by atoms with Crippen molar-refractivity contribution in [1.82, 2.24) is 19.7 Å². The Kier molecular flexibility index (Phi) is 4.59. The summed E-state index contributed by atoms with van der Waals surface area (Å²) in [5, 5.41) is 7.78. The number of nitrogens with one attached hydrogen (secondary N) is 1. The van der Waals surface area contributed by atoms with Crippen LogP contribution in [0.3, 0.4) is 0 Å². The molecule has 0 amide bonds. The molecule has 3 aromatic rings. The van der Waals surface area contributed by atoms with Gasteiger partial charge < -0.3 is 10.2 Å². The third kappa shape index (κ3) is 3.63. The largest absolute Gasteiger partial charge is 0.370 e. The number of pyridine rings is 2. The number of piperidine rings is 1. The lowest BCUT2D eigenvalue weighted by atomic mass is 10.1. The van der Waals surface area contributed by atoms with Crippen molar-refractivity contribution in [3.63, 3.8) is 0 Å². The second kappa shape index (κ2) is 7.34. The Morgan fingerprint density at radius 1 is 0.880 bits per heavy atom. The fraction of sp³-hybridized carbons (Fsp3) is 0.316. The minimum absolute atomic E-state index is 0.665. The third-order valence-corrected chi connectivity index (χ3v) is 4.55. The first-order valence-corrected chi connectivity index (χ1v) is 8.78. The molecule has 0 aromatic carbocycles. The van der Waals surface area contributed by atoms with Gasteiger partial charge in [0.05, 0.1) is 29.8 Å². The Morgan fingerprint density at radius 2 is 1.72 bits per heavy atom. The second-order valence-electron chi connectivity index (χ2n) is 6.24. The molecular formula is C19H22N6. The van der Waals surface area contributed by atoms with Crippen molar-refractivity contribution in [3.05, 3.63) is 60.8 Å². The zero-order chi connectivity index (χ0) is 16.9. The van der Waals surface area contributed by atoms with Crippen molar-refractivity contribution in [3.8, 4) is 5.69 Å². The first kappa shape index (κ1) is 15.6. The number of rotatable bonds is 5. The molecule has 25 heavy (non-hydrogen) atoms. The molecule has 0 spiro atoms. The average molecular weight is 334 g/mol. The van der Waals surface area contributed by atoms with Crippen LogP contribution in [0.25, 0.3) is 5.69 Å². The summed E-state index contributed by atoms with van der Waals surface area (Å²) < 4.78 is 1.91. The van der Waals surface area contributed by atoms with Crippen molar-refractivity contribution in [2.75, 3.05) is 23.3 Å². The molecule has 4 rings (SSSR count). The predicted molar refractivity (Wildman–Crippen MR) is 99.0 cm³/mol. The minimum atomic E-state index is 0.665. The summed E-state index contributed by atoms with van der Waals surface area (Å²) in [6.07, 6.45) is 11.2. The maximum atomic E-state index is 4.56. The van der Waals surface area contributed by atoms with Crippen LogP contribution in [0.15, 0.2) is 55.1 Å². The molecule has 1 aliphatic heterocycles. The van der Waals surface area contributed by atoms with E-state index in [0.717, 1.165) is 30.3 Å². The van der Waals surface area contributed by atoms with Gasteiger partial charge in [0.2, 0.25) is 0 Å². The molecule has 0 unspecified atom stereocenters. The van der Waals surface area contributed by atoms with E-state index in [-0.39, 0.29) is 0 Å². The fourth-order valence-corrected chi connectivity index (χ4v) is 3.19. The van der Waals surface area contributed by atoms with Crippen LogP contribution >= 0.6 is 0 Å². The normalized spacial score (nSPS) is 14.5. The van der Waals surface area contributed by atoms with E-state index in [1.165, 1.54) is 24.9 Å². The topological polar surface area (TPSA) is 58.9 Å². The van der Waals surface area contributed by atoms with Gasteiger partial charge in [0.25, 0.3) is 0 Å². The Hall–Kier alpha value is -2.89. The van der Waals surface area contributed by atoms with E-state index in [0.29, 0.717) is 6.54 Å². The van der Waals surface area contributed by atoms with Gasteiger partial charge in [-0.2, -0.15) is 5.10 Å². The van der Waals surface area contributed by atoms with E-state index in [4.69, 9.17) is 0 Å². The van der Waals surface area contributed by atoms with E-state index in [1.807, 2.05) is 35.3 Å². The molecule has 0 aliphatic carbocycles. The van der Waals surface area contributed by atoms with Gasteiger partial charge in [0, 0.05) is 31.7 Å². The summed E-state index contributed by atoms with van der Waals surface area (Å²) in [5.41, 5.74) is 3.30. The van der Waals surface area contributed by atoms with Gasteiger partial charge in [-0.25, -0.2) is 9.67 Å². The lowest BCUT2D eigenvalue weighted by Gasteiger charge is -2.28.